The number of rotatable bonds is 3. The quantitative estimate of drug-likeness (QED) is 0.144. The van der Waals surface area contributed by atoms with Gasteiger partial charge in [0.15, 0.2) is 16.5 Å². The van der Waals surface area contributed by atoms with Gasteiger partial charge in [-0.3, -0.25) is 4.55 Å². The second-order valence-electron chi connectivity index (χ2n) is 4.44. The lowest BCUT2D eigenvalue weighted by atomic mass is 10.2. The molecule has 5 nitrogen and oxygen atoms in total. The fourth-order valence-electron chi connectivity index (χ4n) is 1.73. The average molecular weight is 602 g/mol. The Balaban J connectivity index is 2.56. The number of ether oxygens (including phenoxy) is 1. The number of carbonyl (C=O) groups excluding carboxylic acids is 1. The lowest BCUT2D eigenvalue weighted by Crippen LogP contribution is -2.16. The predicted molar refractivity (Wildman–Crippen MR) is 92.9 cm³/mol. The molecule has 1 N–H and O–H groups in total. The Bertz CT molecular complexity index is 945. The molecule has 0 aliphatic heterocycles. The van der Waals surface area contributed by atoms with Gasteiger partial charge in [0, 0.05) is 7.14 Å². The second-order valence-corrected chi connectivity index (χ2v) is 8.29. The Morgan fingerprint density at radius 3 is 1.76 bits per heavy atom. The molecule has 2 rings (SSSR count). The minimum Gasteiger partial charge on any atom is -0.416 e. The van der Waals surface area contributed by atoms with Gasteiger partial charge in [0.05, 0.1) is 5.56 Å². The summed E-state index contributed by atoms with van der Waals surface area (Å²) in [6.07, 6.45) is 0. The summed E-state index contributed by atoms with van der Waals surface area (Å²) < 4.78 is 90.8. The Labute approximate surface area is 165 Å². The molecule has 134 valence electrons. The first-order valence-electron chi connectivity index (χ1n) is 5.95. The fraction of sp³-hybridized carbons (Fsp3) is 0. The number of hydrogen-bond donors (Lipinski definition) is 1. The zero-order valence-electron chi connectivity index (χ0n) is 11.5. The normalized spacial score (nSPS) is 11.5. The number of carbonyl (C=O) groups is 1. The van der Waals surface area contributed by atoms with E-state index in [1.54, 1.807) is 6.07 Å². The first-order valence-corrected chi connectivity index (χ1v) is 9.55. The van der Waals surface area contributed by atoms with Crippen LogP contribution in [0.3, 0.4) is 0 Å². The average Bonchev–Trinajstić information content (AvgIpc) is 2.47. The van der Waals surface area contributed by atoms with Crippen molar-refractivity contribution in [2.24, 2.45) is 0 Å². The zero-order chi connectivity index (χ0) is 19.1. The Kier molecular flexibility index (Phi) is 5.95. The summed E-state index contributed by atoms with van der Waals surface area (Å²) >= 11 is 3.71. The van der Waals surface area contributed by atoms with Gasteiger partial charge in [-0.1, -0.05) is 0 Å². The van der Waals surface area contributed by atoms with E-state index in [0.29, 0.717) is 7.14 Å². The summed E-state index contributed by atoms with van der Waals surface area (Å²) in [6, 6.07) is 4.25. The van der Waals surface area contributed by atoms with Crippen molar-refractivity contribution < 1.29 is 40.1 Å². The highest BCUT2D eigenvalue weighted by atomic mass is 127. The summed E-state index contributed by atoms with van der Waals surface area (Å²) in [6.45, 7) is 0. The van der Waals surface area contributed by atoms with Crippen molar-refractivity contribution >= 4 is 61.3 Å². The zero-order valence-corrected chi connectivity index (χ0v) is 16.6. The van der Waals surface area contributed by atoms with Crippen LogP contribution >= 0.6 is 45.2 Å². The van der Waals surface area contributed by atoms with Crippen LogP contribution in [0.25, 0.3) is 0 Å². The molecular formula is C13H4F4I2O5S. The molecule has 0 aliphatic carbocycles. The van der Waals surface area contributed by atoms with Gasteiger partial charge < -0.3 is 4.74 Å². The lowest BCUT2D eigenvalue weighted by Gasteiger charge is -2.11. The molecule has 0 unspecified atom stereocenters. The Morgan fingerprint density at radius 1 is 0.920 bits per heavy atom. The van der Waals surface area contributed by atoms with E-state index in [1.165, 1.54) is 12.1 Å². The molecule has 0 amide bonds. The van der Waals surface area contributed by atoms with Crippen molar-refractivity contribution in [2.45, 2.75) is 4.90 Å². The summed E-state index contributed by atoms with van der Waals surface area (Å²) in [5.41, 5.74) is -0.158. The maximum Gasteiger partial charge on any atom is 0.343 e. The molecular weight excluding hydrogens is 598 g/mol. The van der Waals surface area contributed by atoms with E-state index in [2.05, 4.69) is 4.74 Å². The molecule has 0 saturated carbocycles. The van der Waals surface area contributed by atoms with E-state index in [9.17, 15) is 30.8 Å². The second kappa shape index (κ2) is 7.32. The SMILES string of the molecule is O=C(Oc1c(F)c(F)c(S(=O)(=O)O)c(F)c1F)c1cc(I)cc(I)c1. The maximum atomic E-state index is 13.8. The molecule has 0 fully saturated rings. The lowest BCUT2D eigenvalue weighted by molar-refractivity contribution is 0.0716. The minimum absolute atomic E-state index is 0.158. The predicted octanol–water partition coefficient (Wildman–Crippen LogP) is 3.92. The molecule has 0 heterocycles. The maximum absolute atomic E-state index is 13.8. The fourth-order valence-corrected chi connectivity index (χ4v) is 4.30. The topological polar surface area (TPSA) is 80.7 Å². The Morgan fingerprint density at radius 2 is 1.36 bits per heavy atom. The molecule has 0 aliphatic rings. The molecule has 0 bridgehead atoms. The van der Waals surface area contributed by atoms with Crippen LogP contribution in [0, 0.1) is 30.4 Å². The van der Waals surface area contributed by atoms with Crippen LogP contribution in [-0.4, -0.2) is 18.9 Å². The van der Waals surface area contributed by atoms with Crippen LogP contribution in [-0.2, 0) is 10.1 Å². The molecule has 0 atom stereocenters. The first kappa shape index (κ1) is 20.3. The van der Waals surface area contributed by atoms with Crippen molar-refractivity contribution in [3.05, 3.63) is 54.2 Å². The number of benzene rings is 2. The van der Waals surface area contributed by atoms with E-state index >= 15 is 0 Å². The van der Waals surface area contributed by atoms with Crippen LogP contribution < -0.4 is 4.74 Å². The van der Waals surface area contributed by atoms with E-state index in [1.807, 2.05) is 45.2 Å². The van der Waals surface area contributed by atoms with E-state index in [-0.39, 0.29) is 5.56 Å². The van der Waals surface area contributed by atoms with Gasteiger partial charge in [-0.15, -0.1) is 0 Å². The van der Waals surface area contributed by atoms with Gasteiger partial charge in [-0.2, -0.15) is 17.2 Å². The van der Waals surface area contributed by atoms with Crippen LogP contribution in [0.2, 0.25) is 0 Å². The van der Waals surface area contributed by atoms with Crippen LogP contribution in [0.15, 0.2) is 23.1 Å². The smallest absolute Gasteiger partial charge is 0.343 e. The molecule has 12 heteroatoms. The van der Waals surface area contributed by atoms with E-state index in [4.69, 9.17) is 4.55 Å². The van der Waals surface area contributed by atoms with Crippen molar-refractivity contribution in [3.63, 3.8) is 0 Å². The molecule has 0 spiro atoms. The highest BCUT2D eigenvalue weighted by Crippen LogP contribution is 2.33. The van der Waals surface area contributed by atoms with Crippen LogP contribution in [0.4, 0.5) is 17.6 Å². The standard InChI is InChI=1S/C13H4F4I2O5S/c14-7-9(16)12(25(21,22)23)10(17)8(15)11(7)24-13(20)4-1-5(18)3-6(19)2-4/h1-3H,(H,21,22,23). The van der Waals surface area contributed by atoms with E-state index in [0.717, 1.165) is 0 Å². The third-order valence-corrected chi connectivity index (χ3v) is 4.85. The van der Waals surface area contributed by atoms with Gasteiger partial charge in [0.1, 0.15) is 0 Å². The third kappa shape index (κ3) is 4.22. The molecule has 2 aromatic carbocycles. The van der Waals surface area contributed by atoms with Crippen molar-refractivity contribution in [3.8, 4) is 5.75 Å². The molecule has 2 aromatic rings. The van der Waals surface area contributed by atoms with E-state index < -0.39 is 50.0 Å². The monoisotopic (exact) mass is 602 g/mol. The molecule has 25 heavy (non-hydrogen) atoms. The largest absolute Gasteiger partial charge is 0.416 e. The van der Waals surface area contributed by atoms with Gasteiger partial charge in [-0.05, 0) is 63.4 Å². The summed E-state index contributed by atoms with van der Waals surface area (Å²) in [7, 11) is -5.59. The van der Waals surface area contributed by atoms with Crippen molar-refractivity contribution in [1.29, 1.82) is 0 Å². The third-order valence-electron chi connectivity index (χ3n) is 2.73. The first-order chi connectivity index (χ1) is 11.4. The van der Waals surface area contributed by atoms with Crippen LogP contribution in [0.5, 0.6) is 5.75 Å². The summed E-state index contributed by atoms with van der Waals surface area (Å²) in [5, 5.41) is 0. The van der Waals surface area contributed by atoms with Gasteiger partial charge in [0.25, 0.3) is 0 Å². The molecule has 0 radical (unpaired) electrons. The number of esters is 1. The van der Waals surface area contributed by atoms with Gasteiger partial charge in [0.2, 0.25) is 17.4 Å². The molecule has 0 saturated heterocycles. The minimum atomic E-state index is -5.59. The summed E-state index contributed by atoms with van der Waals surface area (Å²) in [5.74, 6) is -12.5. The van der Waals surface area contributed by atoms with Gasteiger partial charge in [-0.25, -0.2) is 13.6 Å². The van der Waals surface area contributed by atoms with Crippen molar-refractivity contribution in [2.75, 3.05) is 0 Å². The highest BCUT2D eigenvalue weighted by molar-refractivity contribution is 14.1. The van der Waals surface area contributed by atoms with Crippen LogP contribution in [0.1, 0.15) is 10.4 Å². The molecule has 0 aromatic heterocycles. The number of halogens is 6. The van der Waals surface area contributed by atoms with Gasteiger partial charge >= 0.3 is 16.1 Å². The summed E-state index contributed by atoms with van der Waals surface area (Å²) in [4.78, 5) is 9.74. The Hall–Kier alpha value is -1.00. The highest BCUT2D eigenvalue weighted by Gasteiger charge is 2.34. The van der Waals surface area contributed by atoms with Crippen molar-refractivity contribution in [1.82, 2.24) is 0 Å². The number of hydrogen-bond acceptors (Lipinski definition) is 4.